The number of hydrogen-bond acceptors (Lipinski definition) is 4. The van der Waals surface area contributed by atoms with E-state index in [4.69, 9.17) is 10.2 Å². The smallest absolute Gasteiger partial charge is 0.358 e. The lowest BCUT2D eigenvalue weighted by Crippen LogP contribution is -2.24. The van der Waals surface area contributed by atoms with Gasteiger partial charge in [-0.05, 0) is 5.92 Å². The van der Waals surface area contributed by atoms with Gasteiger partial charge in [0, 0.05) is 18.6 Å². The first-order valence-corrected chi connectivity index (χ1v) is 5.55. The standard InChI is InChI=1S/C11H19N3O3/c1-7(6-15)5-14-9(11(2,3)4)8(10(16)17)12-13-14/h7,15H,5-6H2,1-4H3,(H,16,17). The molecule has 1 rings (SSSR count). The summed E-state index contributed by atoms with van der Waals surface area (Å²) in [4.78, 5) is 11.1. The summed E-state index contributed by atoms with van der Waals surface area (Å²) in [5.41, 5.74) is 0.222. The van der Waals surface area contributed by atoms with Gasteiger partial charge in [-0.2, -0.15) is 0 Å². The highest BCUT2D eigenvalue weighted by Gasteiger charge is 2.29. The number of aromatic carboxylic acids is 1. The number of rotatable bonds is 4. The SMILES string of the molecule is CC(CO)Cn1nnc(C(=O)O)c1C(C)(C)C. The molecule has 6 nitrogen and oxygen atoms in total. The van der Waals surface area contributed by atoms with Crippen molar-refractivity contribution < 1.29 is 15.0 Å². The first-order chi connectivity index (χ1) is 7.77. The van der Waals surface area contributed by atoms with Crippen molar-refractivity contribution in [3.8, 4) is 0 Å². The van der Waals surface area contributed by atoms with Gasteiger partial charge in [0.1, 0.15) is 0 Å². The van der Waals surface area contributed by atoms with Crippen molar-refractivity contribution in [2.45, 2.75) is 39.7 Å². The summed E-state index contributed by atoms with van der Waals surface area (Å²) in [7, 11) is 0. The molecule has 0 radical (unpaired) electrons. The Morgan fingerprint density at radius 1 is 1.47 bits per heavy atom. The lowest BCUT2D eigenvalue weighted by atomic mass is 9.90. The van der Waals surface area contributed by atoms with Gasteiger partial charge in [-0.1, -0.05) is 32.9 Å². The fourth-order valence-electron chi connectivity index (χ4n) is 1.68. The largest absolute Gasteiger partial charge is 0.476 e. The molecule has 0 saturated carbocycles. The minimum Gasteiger partial charge on any atom is -0.476 e. The summed E-state index contributed by atoms with van der Waals surface area (Å²) in [6.45, 7) is 8.11. The predicted octanol–water partition coefficient (Wildman–Crippen LogP) is 0.902. The molecule has 2 N–H and O–H groups in total. The minimum atomic E-state index is -1.07. The first kappa shape index (κ1) is 13.6. The molecule has 1 aromatic rings. The van der Waals surface area contributed by atoms with E-state index in [1.165, 1.54) is 0 Å². The number of aliphatic hydroxyl groups is 1. The topological polar surface area (TPSA) is 88.2 Å². The summed E-state index contributed by atoms with van der Waals surface area (Å²) in [6, 6.07) is 0. The van der Waals surface area contributed by atoms with Crippen LogP contribution in [0.1, 0.15) is 43.9 Å². The summed E-state index contributed by atoms with van der Waals surface area (Å²) in [5.74, 6) is -1.06. The molecule has 1 aromatic heterocycles. The van der Waals surface area contributed by atoms with Gasteiger partial charge in [0.15, 0.2) is 5.69 Å². The van der Waals surface area contributed by atoms with Crippen LogP contribution >= 0.6 is 0 Å². The molecular formula is C11H19N3O3. The number of carboxylic acid groups (broad SMARTS) is 1. The maximum atomic E-state index is 11.1. The highest BCUT2D eigenvalue weighted by atomic mass is 16.4. The third-order valence-corrected chi connectivity index (χ3v) is 2.44. The van der Waals surface area contributed by atoms with Crippen molar-refractivity contribution in [2.24, 2.45) is 5.92 Å². The van der Waals surface area contributed by atoms with Crippen LogP contribution in [-0.4, -0.2) is 37.8 Å². The van der Waals surface area contributed by atoms with Crippen molar-refractivity contribution in [3.05, 3.63) is 11.4 Å². The lowest BCUT2D eigenvalue weighted by Gasteiger charge is -2.21. The van der Waals surface area contributed by atoms with Crippen LogP contribution in [0.3, 0.4) is 0 Å². The van der Waals surface area contributed by atoms with Gasteiger partial charge in [0.25, 0.3) is 0 Å². The van der Waals surface area contributed by atoms with Crippen molar-refractivity contribution in [1.29, 1.82) is 0 Å². The maximum Gasteiger partial charge on any atom is 0.358 e. The third kappa shape index (κ3) is 3.03. The Hall–Kier alpha value is -1.43. The molecule has 0 amide bonds. The summed E-state index contributed by atoms with van der Waals surface area (Å²) in [5, 5.41) is 25.7. The van der Waals surface area contributed by atoms with Gasteiger partial charge in [0.05, 0.1) is 5.69 Å². The molecule has 0 fully saturated rings. The van der Waals surface area contributed by atoms with Gasteiger partial charge in [0.2, 0.25) is 0 Å². The second-order valence-corrected chi connectivity index (χ2v) is 5.31. The molecule has 0 aliphatic carbocycles. The van der Waals surface area contributed by atoms with Crippen molar-refractivity contribution in [3.63, 3.8) is 0 Å². The fourth-order valence-corrected chi connectivity index (χ4v) is 1.68. The number of aromatic nitrogens is 3. The van der Waals surface area contributed by atoms with Crippen LogP contribution in [-0.2, 0) is 12.0 Å². The zero-order valence-electron chi connectivity index (χ0n) is 10.6. The van der Waals surface area contributed by atoms with E-state index < -0.39 is 5.97 Å². The average molecular weight is 241 g/mol. The van der Waals surface area contributed by atoms with E-state index in [-0.39, 0.29) is 23.6 Å². The Kier molecular flexibility index (Phi) is 3.87. The van der Waals surface area contributed by atoms with E-state index in [2.05, 4.69) is 10.3 Å². The molecule has 1 heterocycles. The minimum absolute atomic E-state index is 0.0114. The van der Waals surface area contributed by atoms with Crippen LogP contribution in [0.4, 0.5) is 0 Å². The quantitative estimate of drug-likeness (QED) is 0.817. The molecule has 0 bridgehead atoms. The summed E-state index contributed by atoms with van der Waals surface area (Å²) < 4.78 is 1.57. The maximum absolute atomic E-state index is 11.1. The van der Waals surface area contributed by atoms with E-state index >= 15 is 0 Å². The van der Waals surface area contributed by atoms with Gasteiger partial charge < -0.3 is 10.2 Å². The van der Waals surface area contributed by atoms with Crippen LogP contribution < -0.4 is 0 Å². The van der Waals surface area contributed by atoms with E-state index in [1.54, 1.807) is 4.68 Å². The lowest BCUT2D eigenvalue weighted by molar-refractivity contribution is 0.0687. The van der Waals surface area contributed by atoms with Crippen molar-refractivity contribution in [2.75, 3.05) is 6.61 Å². The zero-order chi connectivity index (χ0) is 13.2. The molecule has 6 heteroatoms. The molecule has 0 saturated heterocycles. The van der Waals surface area contributed by atoms with Crippen molar-refractivity contribution in [1.82, 2.24) is 15.0 Å². The van der Waals surface area contributed by atoms with E-state index in [1.807, 2.05) is 27.7 Å². The van der Waals surface area contributed by atoms with Crippen LogP contribution in [0, 0.1) is 5.92 Å². The molecule has 0 aliphatic heterocycles. The van der Waals surface area contributed by atoms with Crippen LogP contribution in [0.15, 0.2) is 0 Å². The second kappa shape index (κ2) is 4.83. The number of hydrogen-bond donors (Lipinski definition) is 2. The first-order valence-electron chi connectivity index (χ1n) is 5.55. The number of aliphatic hydroxyl groups excluding tert-OH is 1. The Bertz CT molecular complexity index is 407. The molecule has 0 aliphatic rings. The highest BCUT2D eigenvalue weighted by Crippen LogP contribution is 2.25. The summed E-state index contributed by atoms with van der Waals surface area (Å²) >= 11 is 0. The predicted molar refractivity (Wildman–Crippen MR) is 61.9 cm³/mol. The number of carbonyl (C=O) groups is 1. The second-order valence-electron chi connectivity index (χ2n) is 5.31. The zero-order valence-corrected chi connectivity index (χ0v) is 10.6. The molecule has 96 valence electrons. The average Bonchev–Trinajstić information content (AvgIpc) is 2.60. The Labute approximate surface area is 100 Å². The van der Waals surface area contributed by atoms with Gasteiger partial charge in [-0.25, -0.2) is 9.48 Å². The fraction of sp³-hybridized carbons (Fsp3) is 0.727. The Balaban J connectivity index is 3.19. The molecule has 1 unspecified atom stereocenters. The molecule has 0 aromatic carbocycles. The molecular weight excluding hydrogens is 222 g/mol. The number of nitrogens with zero attached hydrogens (tertiary/aromatic N) is 3. The third-order valence-electron chi connectivity index (χ3n) is 2.44. The molecule has 1 atom stereocenters. The number of carboxylic acids is 1. The Morgan fingerprint density at radius 2 is 2.06 bits per heavy atom. The van der Waals surface area contributed by atoms with Crippen molar-refractivity contribution >= 4 is 5.97 Å². The van der Waals surface area contributed by atoms with E-state index in [9.17, 15) is 4.79 Å². The van der Waals surface area contributed by atoms with Crippen LogP contribution in [0.5, 0.6) is 0 Å². The van der Waals surface area contributed by atoms with Gasteiger partial charge in [-0.3, -0.25) is 0 Å². The van der Waals surface area contributed by atoms with Gasteiger partial charge in [-0.15, -0.1) is 5.10 Å². The van der Waals surface area contributed by atoms with E-state index in [0.29, 0.717) is 12.2 Å². The molecule has 0 spiro atoms. The Morgan fingerprint density at radius 3 is 2.47 bits per heavy atom. The van der Waals surface area contributed by atoms with Crippen LogP contribution in [0.25, 0.3) is 0 Å². The van der Waals surface area contributed by atoms with E-state index in [0.717, 1.165) is 0 Å². The van der Waals surface area contributed by atoms with Gasteiger partial charge >= 0.3 is 5.97 Å². The monoisotopic (exact) mass is 241 g/mol. The van der Waals surface area contributed by atoms with Crippen LogP contribution in [0.2, 0.25) is 0 Å². The highest BCUT2D eigenvalue weighted by molar-refractivity contribution is 5.86. The molecule has 17 heavy (non-hydrogen) atoms. The normalized spacial score (nSPS) is 13.7. The summed E-state index contributed by atoms with van der Waals surface area (Å²) in [6.07, 6.45) is 0.